The predicted octanol–water partition coefficient (Wildman–Crippen LogP) is 2.43. The van der Waals surface area contributed by atoms with E-state index >= 15 is 0 Å². The van der Waals surface area contributed by atoms with Crippen LogP contribution >= 0.6 is 12.4 Å². The molecule has 0 aliphatic carbocycles. The van der Waals surface area contributed by atoms with E-state index in [1.807, 2.05) is 38.1 Å². The van der Waals surface area contributed by atoms with Crippen molar-refractivity contribution >= 4 is 18.3 Å². The molecule has 0 bridgehead atoms. The zero-order valence-electron chi connectivity index (χ0n) is 14.5. The van der Waals surface area contributed by atoms with Crippen molar-refractivity contribution in [1.82, 2.24) is 10.6 Å². The maximum absolute atomic E-state index is 12.0. The SMILES string of the molecule is CC(C)Oc1ccc(C(O)CNC(=O)CC2CCNCC2)cc1.Cl. The molecule has 0 spiro atoms. The number of ether oxygens (including phenoxy) is 1. The molecule has 1 unspecified atom stereocenters. The normalized spacial score (nSPS) is 16.3. The van der Waals surface area contributed by atoms with E-state index in [0.717, 1.165) is 37.2 Å². The Morgan fingerprint density at radius 3 is 2.50 bits per heavy atom. The molecule has 5 nitrogen and oxygen atoms in total. The number of benzene rings is 1. The van der Waals surface area contributed by atoms with Crippen LogP contribution in [0, 0.1) is 5.92 Å². The topological polar surface area (TPSA) is 70.6 Å². The number of aliphatic hydroxyl groups excluding tert-OH is 1. The molecule has 1 aliphatic heterocycles. The van der Waals surface area contributed by atoms with Gasteiger partial charge in [0.05, 0.1) is 12.2 Å². The standard InChI is InChI=1S/C18H28N2O3.ClH/c1-13(2)23-16-5-3-15(4-6-16)17(21)12-20-18(22)11-14-7-9-19-10-8-14;/h3-6,13-14,17,19,21H,7-12H2,1-2H3,(H,20,22);1H. The maximum atomic E-state index is 12.0. The van der Waals surface area contributed by atoms with Crippen LogP contribution in [0.25, 0.3) is 0 Å². The number of piperidine rings is 1. The zero-order chi connectivity index (χ0) is 16.7. The van der Waals surface area contributed by atoms with Gasteiger partial charge < -0.3 is 20.5 Å². The van der Waals surface area contributed by atoms with Crippen molar-refractivity contribution in [3.63, 3.8) is 0 Å². The Morgan fingerprint density at radius 2 is 1.92 bits per heavy atom. The average Bonchev–Trinajstić information content (AvgIpc) is 2.54. The smallest absolute Gasteiger partial charge is 0.220 e. The third kappa shape index (κ3) is 7.07. The summed E-state index contributed by atoms with van der Waals surface area (Å²) in [6.07, 6.45) is 2.08. The maximum Gasteiger partial charge on any atom is 0.220 e. The Balaban J connectivity index is 0.00000288. The van der Waals surface area contributed by atoms with E-state index in [9.17, 15) is 9.90 Å². The molecule has 6 heteroatoms. The van der Waals surface area contributed by atoms with Crippen LogP contribution in [0.5, 0.6) is 5.75 Å². The summed E-state index contributed by atoms with van der Waals surface area (Å²) >= 11 is 0. The fourth-order valence-corrected chi connectivity index (χ4v) is 2.79. The van der Waals surface area contributed by atoms with Gasteiger partial charge in [-0.3, -0.25) is 4.79 Å². The molecule has 1 atom stereocenters. The Labute approximate surface area is 150 Å². The summed E-state index contributed by atoms with van der Waals surface area (Å²) in [6, 6.07) is 7.35. The quantitative estimate of drug-likeness (QED) is 0.701. The van der Waals surface area contributed by atoms with Crippen molar-refractivity contribution in [2.45, 2.75) is 45.3 Å². The number of nitrogens with one attached hydrogen (secondary N) is 2. The molecule has 1 aromatic rings. The fraction of sp³-hybridized carbons (Fsp3) is 0.611. The van der Waals surface area contributed by atoms with Crippen LogP contribution in [0.2, 0.25) is 0 Å². The molecule has 0 aromatic heterocycles. The highest BCUT2D eigenvalue weighted by Crippen LogP contribution is 2.19. The van der Waals surface area contributed by atoms with Crippen molar-refractivity contribution < 1.29 is 14.6 Å². The number of carbonyl (C=O) groups is 1. The molecular weight excluding hydrogens is 328 g/mol. The van der Waals surface area contributed by atoms with Crippen molar-refractivity contribution in [3.05, 3.63) is 29.8 Å². The molecule has 0 saturated carbocycles. The second-order valence-electron chi connectivity index (χ2n) is 6.45. The summed E-state index contributed by atoms with van der Waals surface area (Å²) in [5.74, 6) is 1.27. The van der Waals surface area contributed by atoms with Gasteiger partial charge in [-0.25, -0.2) is 0 Å². The molecule has 1 aliphatic rings. The summed E-state index contributed by atoms with van der Waals surface area (Å²) in [5.41, 5.74) is 0.781. The predicted molar refractivity (Wildman–Crippen MR) is 97.6 cm³/mol. The minimum Gasteiger partial charge on any atom is -0.491 e. The first-order valence-electron chi connectivity index (χ1n) is 8.46. The van der Waals surface area contributed by atoms with Gasteiger partial charge in [0, 0.05) is 13.0 Å². The Morgan fingerprint density at radius 1 is 1.29 bits per heavy atom. The lowest BCUT2D eigenvalue weighted by atomic mass is 9.94. The number of halogens is 1. The van der Waals surface area contributed by atoms with Crippen LogP contribution in [0.4, 0.5) is 0 Å². The first-order chi connectivity index (χ1) is 11.0. The molecule has 2 rings (SSSR count). The number of amides is 1. The highest BCUT2D eigenvalue weighted by molar-refractivity contribution is 5.85. The van der Waals surface area contributed by atoms with E-state index < -0.39 is 6.10 Å². The lowest BCUT2D eigenvalue weighted by molar-refractivity contribution is -0.122. The number of hydrogen-bond acceptors (Lipinski definition) is 4. The molecule has 1 aromatic carbocycles. The largest absolute Gasteiger partial charge is 0.491 e. The van der Waals surface area contributed by atoms with E-state index in [1.54, 1.807) is 0 Å². The molecule has 1 fully saturated rings. The Bertz CT molecular complexity index is 488. The third-order valence-corrected chi connectivity index (χ3v) is 4.06. The lowest BCUT2D eigenvalue weighted by Gasteiger charge is -2.22. The van der Waals surface area contributed by atoms with E-state index in [4.69, 9.17) is 4.74 Å². The molecule has 3 N–H and O–H groups in total. The van der Waals surface area contributed by atoms with Gasteiger partial charge in [0.1, 0.15) is 5.75 Å². The summed E-state index contributed by atoms with van der Waals surface area (Å²) < 4.78 is 5.58. The summed E-state index contributed by atoms with van der Waals surface area (Å²) in [5, 5.41) is 16.3. The van der Waals surface area contributed by atoms with Crippen LogP contribution in [-0.4, -0.2) is 36.8 Å². The molecular formula is C18H29ClN2O3. The second kappa shape index (κ2) is 10.5. The highest BCUT2D eigenvalue weighted by atomic mass is 35.5. The first kappa shape index (κ1) is 20.7. The molecule has 24 heavy (non-hydrogen) atoms. The third-order valence-electron chi connectivity index (χ3n) is 4.06. The van der Waals surface area contributed by atoms with E-state index in [2.05, 4.69) is 10.6 Å². The van der Waals surface area contributed by atoms with Crippen LogP contribution < -0.4 is 15.4 Å². The minimum absolute atomic E-state index is 0. The number of aliphatic hydroxyl groups is 1. The summed E-state index contributed by atoms with van der Waals surface area (Å²) in [4.78, 5) is 12.0. The summed E-state index contributed by atoms with van der Waals surface area (Å²) in [6.45, 7) is 6.17. The van der Waals surface area contributed by atoms with Crippen molar-refractivity contribution in [2.24, 2.45) is 5.92 Å². The highest BCUT2D eigenvalue weighted by Gasteiger charge is 2.17. The number of rotatable bonds is 7. The molecule has 0 radical (unpaired) electrons. The van der Waals surface area contributed by atoms with Gasteiger partial charge in [-0.15, -0.1) is 12.4 Å². The van der Waals surface area contributed by atoms with Crippen molar-refractivity contribution in [3.8, 4) is 5.75 Å². The van der Waals surface area contributed by atoms with Crippen LogP contribution in [0.3, 0.4) is 0 Å². The van der Waals surface area contributed by atoms with Gasteiger partial charge in [-0.2, -0.15) is 0 Å². The van der Waals surface area contributed by atoms with Gasteiger partial charge in [0.15, 0.2) is 0 Å². The van der Waals surface area contributed by atoms with Gasteiger partial charge in [-0.1, -0.05) is 12.1 Å². The first-order valence-corrected chi connectivity index (χ1v) is 8.46. The average molecular weight is 357 g/mol. The van der Waals surface area contributed by atoms with Gasteiger partial charge >= 0.3 is 0 Å². The molecule has 1 heterocycles. The van der Waals surface area contributed by atoms with Crippen molar-refractivity contribution in [1.29, 1.82) is 0 Å². The molecule has 1 amide bonds. The monoisotopic (exact) mass is 356 g/mol. The number of hydrogen-bond donors (Lipinski definition) is 3. The van der Waals surface area contributed by atoms with Crippen LogP contribution in [-0.2, 0) is 4.79 Å². The fourth-order valence-electron chi connectivity index (χ4n) is 2.79. The zero-order valence-corrected chi connectivity index (χ0v) is 15.3. The van der Waals surface area contributed by atoms with Crippen LogP contribution in [0.1, 0.15) is 44.8 Å². The van der Waals surface area contributed by atoms with Gasteiger partial charge in [-0.05, 0) is 63.4 Å². The number of carbonyl (C=O) groups excluding carboxylic acids is 1. The van der Waals surface area contributed by atoms with E-state index in [0.29, 0.717) is 12.3 Å². The Kier molecular flexibility index (Phi) is 9.11. The van der Waals surface area contributed by atoms with E-state index in [-0.39, 0.29) is 31.0 Å². The molecule has 1 saturated heterocycles. The second-order valence-corrected chi connectivity index (χ2v) is 6.45. The Hall–Kier alpha value is -1.30. The van der Waals surface area contributed by atoms with Crippen LogP contribution in [0.15, 0.2) is 24.3 Å². The minimum atomic E-state index is -0.694. The van der Waals surface area contributed by atoms with E-state index in [1.165, 1.54) is 0 Å². The lowest BCUT2D eigenvalue weighted by Crippen LogP contribution is -2.33. The van der Waals surface area contributed by atoms with Gasteiger partial charge in [0.2, 0.25) is 5.91 Å². The molecule has 136 valence electrons. The summed E-state index contributed by atoms with van der Waals surface area (Å²) in [7, 11) is 0. The van der Waals surface area contributed by atoms with Crippen molar-refractivity contribution in [2.75, 3.05) is 19.6 Å². The van der Waals surface area contributed by atoms with Gasteiger partial charge in [0.25, 0.3) is 0 Å².